The van der Waals surface area contributed by atoms with E-state index in [9.17, 15) is 0 Å². The summed E-state index contributed by atoms with van der Waals surface area (Å²) in [7, 11) is 0. The molecule has 19 heavy (non-hydrogen) atoms. The molecule has 0 saturated heterocycles. The van der Waals surface area contributed by atoms with E-state index in [0.717, 1.165) is 16.7 Å². The first-order valence-corrected chi connectivity index (χ1v) is 5.95. The summed E-state index contributed by atoms with van der Waals surface area (Å²) in [5, 5.41) is 9.11. The van der Waals surface area contributed by atoms with E-state index < -0.39 is 0 Å². The third kappa shape index (κ3) is 3.09. The average Bonchev–Trinajstić information content (AvgIpc) is 2.49. The van der Waals surface area contributed by atoms with Crippen molar-refractivity contribution in [3.63, 3.8) is 0 Å². The molecule has 0 fully saturated rings. The van der Waals surface area contributed by atoms with Crippen LogP contribution in [0.15, 0.2) is 66.4 Å². The minimum atomic E-state index is 0.162. The van der Waals surface area contributed by atoms with Gasteiger partial charge >= 0.3 is 0 Å². The van der Waals surface area contributed by atoms with Gasteiger partial charge in [0.2, 0.25) is 0 Å². The van der Waals surface area contributed by atoms with Gasteiger partial charge in [-0.05, 0) is 23.1 Å². The molecule has 2 rings (SSSR count). The van der Waals surface area contributed by atoms with Crippen LogP contribution >= 0.6 is 0 Å². The van der Waals surface area contributed by atoms with Crippen LogP contribution in [0.25, 0.3) is 10.4 Å². The summed E-state index contributed by atoms with van der Waals surface area (Å²) in [6.07, 6.45) is 0.593. The molecule has 2 aromatic carbocycles. The number of rotatable bonds is 3. The summed E-state index contributed by atoms with van der Waals surface area (Å²) < 4.78 is 0. The van der Waals surface area contributed by atoms with Crippen molar-refractivity contribution in [3.8, 4) is 6.07 Å². The zero-order valence-electron chi connectivity index (χ0n) is 10.4. The number of allylic oxidation sites excluding steroid dienone is 2. The molecule has 0 aliphatic rings. The quantitative estimate of drug-likeness (QED) is 0.590. The van der Waals surface area contributed by atoms with Crippen LogP contribution in [-0.2, 0) is 6.42 Å². The SMILES string of the molecule is [C-]#[N+]/C(C#N)=C(/Cc1ccccc1)c1ccccc1. The second-order valence-corrected chi connectivity index (χ2v) is 4.08. The molecule has 0 spiro atoms. The van der Waals surface area contributed by atoms with Gasteiger partial charge in [-0.2, -0.15) is 0 Å². The second kappa shape index (κ2) is 6.19. The Labute approximate surface area is 113 Å². The number of benzene rings is 2. The lowest BCUT2D eigenvalue weighted by Gasteiger charge is -2.08. The molecule has 2 heteroatoms. The maximum absolute atomic E-state index is 9.11. The van der Waals surface area contributed by atoms with E-state index in [1.807, 2.05) is 66.7 Å². The standard InChI is InChI=1S/C17H12N2/c1-19-17(13-18)16(15-10-6-3-7-11-15)12-14-8-4-2-5-9-14/h2-11H,12H2/b17-16-. The van der Waals surface area contributed by atoms with Crippen molar-refractivity contribution in [1.29, 1.82) is 5.26 Å². The smallest absolute Gasteiger partial charge is 0.226 e. The predicted molar refractivity (Wildman–Crippen MR) is 75.7 cm³/mol. The molecular formula is C17H12N2. The van der Waals surface area contributed by atoms with E-state index in [2.05, 4.69) is 4.85 Å². The highest BCUT2D eigenvalue weighted by Gasteiger charge is 2.09. The normalized spacial score (nSPS) is 11.1. The van der Waals surface area contributed by atoms with Gasteiger partial charge in [0.25, 0.3) is 5.70 Å². The number of hydrogen-bond donors (Lipinski definition) is 0. The molecule has 0 N–H and O–H groups in total. The van der Waals surface area contributed by atoms with Gasteiger partial charge in [-0.25, -0.2) is 10.1 Å². The maximum Gasteiger partial charge on any atom is 0.265 e. The van der Waals surface area contributed by atoms with Crippen LogP contribution in [0, 0.1) is 17.9 Å². The van der Waals surface area contributed by atoms with Crippen molar-refractivity contribution < 1.29 is 0 Å². The Bertz CT molecular complexity index is 640. The van der Waals surface area contributed by atoms with Crippen LogP contribution in [-0.4, -0.2) is 0 Å². The third-order valence-corrected chi connectivity index (χ3v) is 2.85. The van der Waals surface area contributed by atoms with Gasteiger partial charge in [-0.3, -0.25) is 0 Å². The Kier molecular flexibility index (Phi) is 4.11. The van der Waals surface area contributed by atoms with E-state index in [1.165, 1.54) is 0 Å². The van der Waals surface area contributed by atoms with Gasteiger partial charge in [-0.1, -0.05) is 60.7 Å². The van der Waals surface area contributed by atoms with Crippen molar-refractivity contribution in [2.45, 2.75) is 6.42 Å². The van der Waals surface area contributed by atoms with Crippen LogP contribution in [0.5, 0.6) is 0 Å². The van der Waals surface area contributed by atoms with Crippen LogP contribution in [0.1, 0.15) is 11.1 Å². The number of nitrogens with zero attached hydrogens (tertiary/aromatic N) is 2. The first kappa shape index (κ1) is 12.6. The summed E-state index contributed by atoms with van der Waals surface area (Å²) >= 11 is 0. The van der Waals surface area contributed by atoms with Crippen molar-refractivity contribution in [2.24, 2.45) is 0 Å². The molecule has 0 aliphatic carbocycles. The highest BCUT2D eigenvalue weighted by molar-refractivity contribution is 5.74. The molecule has 0 atom stereocenters. The first-order valence-electron chi connectivity index (χ1n) is 5.95. The van der Waals surface area contributed by atoms with Crippen LogP contribution in [0.4, 0.5) is 0 Å². The van der Waals surface area contributed by atoms with E-state index in [-0.39, 0.29) is 5.70 Å². The fraction of sp³-hybridized carbons (Fsp3) is 0.0588. The van der Waals surface area contributed by atoms with E-state index in [0.29, 0.717) is 6.42 Å². The van der Waals surface area contributed by atoms with Crippen molar-refractivity contribution in [3.05, 3.63) is 88.9 Å². The highest BCUT2D eigenvalue weighted by Crippen LogP contribution is 2.23. The fourth-order valence-corrected chi connectivity index (χ4v) is 1.92. The Morgan fingerprint density at radius 1 is 1.00 bits per heavy atom. The van der Waals surface area contributed by atoms with E-state index >= 15 is 0 Å². The summed E-state index contributed by atoms with van der Waals surface area (Å²) in [6.45, 7) is 7.15. The van der Waals surface area contributed by atoms with Gasteiger partial charge in [0, 0.05) is 0 Å². The zero-order valence-corrected chi connectivity index (χ0v) is 10.4. The molecule has 0 heterocycles. The summed E-state index contributed by atoms with van der Waals surface area (Å²) in [4.78, 5) is 3.35. The van der Waals surface area contributed by atoms with E-state index in [4.69, 9.17) is 11.8 Å². The lowest BCUT2D eigenvalue weighted by Crippen LogP contribution is -1.93. The molecule has 2 nitrogen and oxygen atoms in total. The molecule has 90 valence electrons. The highest BCUT2D eigenvalue weighted by atomic mass is 14.7. The molecule has 0 saturated carbocycles. The molecule has 0 radical (unpaired) electrons. The fourth-order valence-electron chi connectivity index (χ4n) is 1.92. The number of hydrogen-bond acceptors (Lipinski definition) is 1. The first-order chi connectivity index (χ1) is 9.35. The van der Waals surface area contributed by atoms with Gasteiger partial charge in [0.05, 0.1) is 12.6 Å². The minimum Gasteiger partial charge on any atom is -0.226 e. The average molecular weight is 244 g/mol. The summed E-state index contributed by atoms with van der Waals surface area (Å²) in [5.74, 6) is 0. The van der Waals surface area contributed by atoms with E-state index in [1.54, 1.807) is 0 Å². The third-order valence-electron chi connectivity index (χ3n) is 2.85. The van der Waals surface area contributed by atoms with Gasteiger partial charge in [0.1, 0.15) is 0 Å². The summed E-state index contributed by atoms with van der Waals surface area (Å²) in [5.41, 5.74) is 2.97. The molecule has 0 bridgehead atoms. The van der Waals surface area contributed by atoms with Crippen LogP contribution in [0.2, 0.25) is 0 Å². The van der Waals surface area contributed by atoms with Crippen molar-refractivity contribution in [1.82, 2.24) is 0 Å². The van der Waals surface area contributed by atoms with Gasteiger partial charge in [0.15, 0.2) is 0 Å². The van der Waals surface area contributed by atoms with Crippen LogP contribution < -0.4 is 0 Å². The molecular weight excluding hydrogens is 232 g/mol. The predicted octanol–water partition coefficient (Wildman–Crippen LogP) is 4.08. The maximum atomic E-state index is 9.11. The Morgan fingerprint density at radius 3 is 2.11 bits per heavy atom. The Balaban J connectivity index is 2.47. The molecule has 2 aromatic rings. The minimum absolute atomic E-state index is 0.162. The lowest BCUT2D eigenvalue weighted by molar-refractivity contribution is 1.27. The molecule has 0 amide bonds. The number of nitriles is 1. The van der Waals surface area contributed by atoms with Crippen molar-refractivity contribution in [2.75, 3.05) is 0 Å². The topological polar surface area (TPSA) is 28.1 Å². The second-order valence-electron chi connectivity index (χ2n) is 4.08. The van der Waals surface area contributed by atoms with Gasteiger partial charge in [-0.15, -0.1) is 0 Å². The molecule has 0 unspecified atom stereocenters. The van der Waals surface area contributed by atoms with Crippen molar-refractivity contribution >= 4 is 5.57 Å². The van der Waals surface area contributed by atoms with Gasteiger partial charge < -0.3 is 0 Å². The lowest BCUT2D eigenvalue weighted by atomic mass is 9.96. The summed E-state index contributed by atoms with van der Waals surface area (Å²) in [6, 6.07) is 21.5. The largest absolute Gasteiger partial charge is 0.265 e. The molecule has 0 aliphatic heterocycles. The van der Waals surface area contributed by atoms with Crippen LogP contribution in [0.3, 0.4) is 0 Å². The Morgan fingerprint density at radius 2 is 1.58 bits per heavy atom. The molecule has 0 aromatic heterocycles. The Hall–Kier alpha value is -2.84. The monoisotopic (exact) mass is 244 g/mol. The zero-order chi connectivity index (χ0) is 13.5.